The van der Waals surface area contributed by atoms with Crippen LogP contribution in [0.15, 0.2) is 47.9 Å². The van der Waals surface area contributed by atoms with Crippen molar-refractivity contribution in [2.45, 2.75) is 19.6 Å². The Morgan fingerprint density at radius 1 is 1.33 bits per heavy atom. The van der Waals surface area contributed by atoms with Crippen LogP contribution in [0.3, 0.4) is 0 Å². The summed E-state index contributed by atoms with van der Waals surface area (Å²) in [7, 11) is 0. The minimum atomic E-state index is 0.0385. The molecule has 4 nitrogen and oxygen atoms in total. The molecule has 24 heavy (non-hydrogen) atoms. The van der Waals surface area contributed by atoms with Gasteiger partial charge in [-0.3, -0.25) is 4.79 Å². The molecule has 1 N–H and O–H groups in total. The summed E-state index contributed by atoms with van der Waals surface area (Å²) < 4.78 is 0. The summed E-state index contributed by atoms with van der Waals surface area (Å²) in [5.41, 5.74) is 2.10. The number of para-hydroxylation sites is 1. The largest absolute Gasteiger partial charge is 0.392 e. The van der Waals surface area contributed by atoms with Gasteiger partial charge in [-0.1, -0.05) is 18.2 Å². The Morgan fingerprint density at radius 2 is 2.12 bits per heavy atom. The van der Waals surface area contributed by atoms with Crippen molar-refractivity contribution in [3.63, 3.8) is 0 Å². The van der Waals surface area contributed by atoms with Gasteiger partial charge in [-0.15, -0.1) is 11.3 Å². The Hall–Kier alpha value is -2.11. The van der Waals surface area contributed by atoms with Crippen LogP contribution in [0, 0.1) is 0 Å². The number of benzene rings is 1. The molecule has 1 fully saturated rings. The number of carbonyl (C=O) groups excluding carboxylic acids is 1. The van der Waals surface area contributed by atoms with Crippen molar-refractivity contribution in [3.05, 3.63) is 58.3 Å². The first kappa shape index (κ1) is 16.7. The number of aliphatic hydroxyl groups excluding tert-OH is 1. The lowest BCUT2D eigenvalue weighted by Crippen LogP contribution is -2.53. The Morgan fingerprint density at radius 3 is 2.79 bits per heavy atom. The average molecular weight is 342 g/mol. The molecule has 1 atom stereocenters. The fourth-order valence-electron chi connectivity index (χ4n) is 2.97. The van der Waals surface area contributed by atoms with Gasteiger partial charge in [0.25, 0.3) is 0 Å². The van der Waals surface area contributed by atoms with E-state index in [1.807, 2.05) is 40.6 Å². The Kier molecular flexibility index (Phi) is 5.33. The fourth-order valence-corrected chi connectivity index (χ4v) is 3.77. The summed E-state index contributed by atoms with van der Waals surface area (Å²) in [6, 6.07) is 12.4. The van der Waals surface area contributed by atoms with Gasteiger partial charge in [-0.25, -0.2) is 0 Å². The highest BCUT2D eigenvalue weighted by Crippen LogP contribution is 2.20. The summed E-state index contributed by atoms with van der Waals surface area (Å²) in [5, 5.41) is 11.0. The van der Waals surface area contributed by atoms with Gasteiger partial charge in [0, 0.05) is 42.3 Å². The number of anilines is 1. The molecule has 0 saturated carbocycles. The minimum Gasteiger partial charge on any atom is -0.392 e. The number of carbonyl (C=O) groups is 1. The Balaban J connectivity index is 1.60. The molecule has 1 aromatic carbocycles. The molecule has 1 aliphatic rings. The van der Waals surface area contributed by atoms with E-state index < -0.39 is 0 Å². The van der Waals surface area contributed by atoms with Crippen molar-refractivity contribution in [3.8, 4) is 0 Å². The van der Waals surface area contributed by atoms with Gasteiger partial charge in [0.05, 0.1) is 6.61 Å². The van der Waals surface area contributed by atoms with Crippen LogP contribution in [0.4, 0.5) is 5.69 Å². The van der Waals surface area contributed by atoms with E-state index in [9.17, 15) is 4.79 Å². The quantitative estimate of drug-likeness (QED) is 0.869. The van der Waals surface area contributed by atoms with E-state index in [1.54, 1.807) is 6.08 Å². The zero-order chi connectivity index (χ0) is 16.9. The number of amides is 1. The molecule has 3 rings (SSSR count). The van der Waals surface area contributed by atoms with Crippen LogP contribution in [0.5, 0.6) is 0 Å². The van der Waals surface area contributed by atoms with Crippen molar-refractivity contribution >= 4 is 29.0 Å². The van der Waals surface area contributed by atoms with E-state index in [4.69, 9.17) is 5.11 Å². The summed E-state index contributed by atoms with van der Waals surface area (Å²) in [4.78, 5) is 17.7. The number of aliphatic hydroxyl groups is 1. The highest BCUT2D eigenvalue weighted by atomic mass is 32.1. The first-order valence-corrected chi connectivity index (χ1v) is 9.02. The highest BCUT2D eigenvalue weighted by molar-refractivity contribution is 7.11. The SMILES string of the molecule is CC1CN(c2ccccc2)CCN1C(=O)C=Cc1cc(CO)cs1. The molecule has 1 unspecified atom stereocenters. The van der Waals surface area contributed by atoms with Crippen LogP contribution in [0.1, 0.15) is 17.4 Å². The van der Waals surface area contributed by atoms with Crippen LogP contribution in [0.25, 0.3) is 6.08 Å². The molecule has 0 bridgehead atoms. The van der Waals surface area contributed by atoms with Gasteiger partial charge in [0.1, 0.15) is 0 Å². The maximum absolute atomic E-state index is 12.5. The second-order valence-electron chi connectivity index (χ2n) is 6.01. The zero-order valence-electron chi connectivity index (χ0n) is 13.8. The number of hydrogen-bond donors (Lipinski definition) is 1. The molecule has 126 valence electrons. The molecule has 1 aliphatic heterocycles. The molecule has 5 heteroatoms. The lowest BCUT2D eigenvalue weighted by atomic mass is 10.1. The van der Waals surface area contributed by atoms with E-state index in [-0.39, 0.29) is 18.6 Å². The van der Waals surface area contributed by atoms with E-state index in [0.717, 1.165) is 30.1 Å². The Labute approximate surface area is 146 Å². The molecule has 2 heterocycles. The first-order chi connectivity index (χ1) is 11.7. The fraction of sp³-hybridized carbons (Fsp3) is 0.316. The number of rotatable bonds is 4. The van der Waals surface area contributed by atoms with E-state index in [2.05, 4.69) is 24.0 Å². The topological polar surface area (TPSA) is 43.8 Å². The summed E-state index contributed by atoms with van der Waals surface area (Å²) in [6.45, 7) is 4.55. The van der Waals surface area contributed by atoms with Gasteiger partial charge in [-0.05, 0) is 42.1 Å². The van der Waals surface area contributed by atoms with Crippen molar-refractivity contribution in [2.75, 3.05) is 24.5 Å². The van der Waals surface area contributed by atoms with E-state index >= 15 is 0 Å². The predicted molar refractivity (Wildman–Crippen MR) is 99.1 cm³/mol. The molecule has 2 aromatic rings. The number of nitrogens with zero attached hydrogens (tertiary/aromatic N) is 2. The summed E-state index contributed by atoms with van der Waals surface area (Å²) in [6.07, 6.45) is 3.48. The third-order valence-electron chi connectivity index (χ3n) is 4.28. The first-order valence-electron chi connectivity index (χ1n) is 8.14. The standard InChI is InChI=1S/C19H22N2O2S/c1-15-12-20(17-5-3-2-4-6-17)9-10-21(15)19(23)8-7-18-11-16(13-22)14-24-18/h2-8,11,14-15,22H,9-10,12-13H2,1H3. The summed E-state index contributed by atoms with van der Waals surface area (Å²) in [5.74, 6) is 0.0501. The third kappa shape index (κ3) is 3.86. The third-order valence-corrected chi connectivity index (χ3v) is 5.23. The molecule has 0 spiro atoms. The minimum absolute atomic E-state index is 0.0385. The monoisotopic (exact) mass is 342 g/mol. The van der Waals surface area contributed by atoms with Gasteiger partial charge in [0.2, 0.25) is 5.91 Å². The smallest absolute Gasteiger partial charge is 0.246 e. The molecule has 0 aliphatic carbocycles. The van der Waals surface area contributed by atoms with Crippen molar-refractivity contribution in [1.82, 2.24) is 4.90 Å². The highest BCUT2D eigenvalue weighted by Gasteiger charge is 2.26. The van der Waals surface area contributed by atoms with Crippen LogP contribution in [-0.4, -0.2) is 41.6 Å². The number of piperazine rings is 1. The van der Waals surface area contributed by atoms with Gasteiger partial charge >= 0.3 is 0 Å². The predicted octanol–water partition coefficient (Wildman–Crippen LogP) is 2.99. The molecular weight excluding hydrogens is 320 g/mol. The lowest BCUT2D eigenvalue weighted by Gasteiger charge is -2.40. The van der Waals surface area contributed by atoms with Gasteiger partial charge in [-0.2, -0.15) is 0 Å². The van der Waals surface area contributed by atoms with Crippen LogP contribution in [0.2, 0.25) is 0 Å². The summed E-state index contributed by atoms with van der Waals surface area (Å²) >= 11 is 1.54. The van der Waals surface area contributed by atoms with Crippen LogP contribution < -0.4 is 4.90 Å². The van der Waals surface area contributed by atoms with Gasteiger partial charge < -0.3 is 14.9 Å². The molecule has 0 radical (unpaired) electrons. The molecule has 1 aromatic heterocycles. The van der Waals surface area contributed by atoms with Crippen LogP contribution >= 0.6 is 11.3 Å². The Bertz CT molecular complexity index is 711. The molecular formula is C19H22N2O2S. The van der Waals surface area contributed by atoms with E-state index in [1.165, 1.54) is 17.0 Å². The maximum Gasteiger partial charge on any atom is 0.246 e. The number of hydrogen-bond acceptors (Lipinski definition) is 4. The number of thiophene rings is 1. The molecule has 1 saturated heterocycles. The average Bonchev–Trinajstić information content (AvgIpc) is 3.08. The second kappa shape index (κ2) is 7.64. The lowest BCUT2D eigenvalue weighted by molar-refractivity contribution is -0.128. The van der Waals surface area contributed by atoms with Crippen molar-refractivity contribution < 1.29 is 9.90 Å². The maximum atomic E-state index is 12.5. The normalized spacial score (nSPS) is 18.3. The molecule has 1 amide bonds. The zero-order valence-corrected chi connectivity index (χ0v) is 14.6. The second-order valence-corrected chi connectivity index (χ2v) is 6.95. The van der Waals surface area contributed by atoms with Gasteiger partial charge in [0.15, 0.2) is 0 Å². The van der Waals surface area contributed by atoms with Crippen LogP contribution in [-0.2, 0) is 11.4 Å². The van der Waals surface area contributed by atoms with Crippen molar-refractivity contribution in [1.29, 1.82) is 0 Å². The van der Waals surface area contributed by atoms with Crippen molar-refractivity contribution in [2.24, 2.45) is 0 Å². The van der Waals surface area contributed by atoms with E-state index in [0.29, 0.717) is 0 Å².